The molecule has 5 nitrogen and oxygen atoms in total. The van der Waals surface area contributed by atoms with Gasteiger partial charge >= 0.3 is 6.09 Å². The topological polar surface area (TPSA) is 47.4 Å². The third kappa shape index (κ3) is 2.62. The highest BCUT2D eigenvalue weighted by Crippen LogP contribution is 2.07. The van der Waals surface area contributed by atoms with E-state index in [1.54, 1.807) is 22.0 Å². The molecule has 2 rings (SSSR count). The van der Waals surface area contributed by atoms with Crippen LogP contribution in [0.25, 0.3) is 0 Å². The number of aromatic nitrogens is 2. The van der Waals surface area contributed by atoms with Gasteiger partial charge in [0.15, 0.2) is 0 Å². The summed E-state index contributed by atoms with van der Waals surface area (Å²) in [6.45, 7) is 2.66. The van der Waals surface area contributed by atoms with Gasteiger partial charge in [-0.25, -0.2) is 4.79 Å². The van der Waals surface area contributed by atoms with Crippen LogP contribution >= 0.6 is 11.6 Å². The number of carbonyl (C=O) groups is 1. The van der Waals surface area contributed by atoms with Gasteiger partial charge in [0.2, 0.25) is 0 Å². The van der Waals surface area contributed by atoms with Crippen molar-refractivity contribution in [1.29, 1.82) is 0 Å². The van der Waals surface area contributed by atoms with Crippen LogP contribution < -0.4 is 0 Å². The highest BCUT2D eigenvalue weighted by atomic mass is 35.5. The molecule has 0 radical (unpaired) electrons. The molecule has 0 spiro atoms. The molecule has 0 atom stereocenters. The van der Waals surface area contributed by atoms with Crippen LogP contribution in [0.5, 0.6) is 0 Å². The number of hydrogen-bond donors (Lipinski definition) is 0. The van der Waals surface area contributed by atoms with Crippen molar-refractivity contribution in [2.24, 2.45) is 0 Å². The fraction of sp³-hybridized carbons (Fsp3) is 0.556. The molecule has 1 aliphatic rings. The van der Waals surface area contributed by atoms with Crippen LogP contribution in [0.1, 0.15) is 6.42 Å². The van der Waals surface area contributed by atoms with E-state index in [0.717, 1.165) is 13.0 Å². The minimum Gasteiger partial charge on any atom is -0.448 e. The quantitative estimate of drug-likeness (QED) is 0.784. The first-order chi connectivity index (χ1) is 7.25. The van der Waals surface area contributed by atoms with Crippen LogP contribution in [0.15, 0.2) is 12.4 Å². The minimum absolute atomic E-state index is 0.214. The third-order valence-electron chi connectivity index (χ3n) is 2.26. The van der Waals surface area contributed by atoms with Crippen LogP contribution in [0, 0.1) is 0 Å². The molecular weight excluding hydrogens is 218 g/mol. The molecule has 1 aromatic rings. The van der Waals surface area contributed by atoms with Crippen molar-refractivity contribution in [2.75, 3.05) is 19.7 Å². The maximum Gasteiger partial charge on any atom is 0.409 e. The van der Waals surface area contributed by atoms with Gasteiger partial charge in [0.05, 0.1) is 17.8 Å². The summed E-state index contributed by atoms with van der Waals surface area (Å²) in [6.07, 6.45) is 4.01. The van der Waals surface area contributed by atoms with Gasteiger partial charge in [0, 0.05) is 19.3 Å². The smallest absolute Gasteiger partial charge is 0.409 e. The highest BCUT2D eigenvalue weighted by Gasteiger charge is 2.20. The fourth-order valence-electron chi connectivity index (χ4n) is 1.51. The number of hydrogen-bond acceptors (Lipinski definition) is 3. The van der Waals surface area contributed by atoms with Crippen molar-refractivity contribution < 1.29 is 9.53 Å². The van der Waals surface area contributed by atoms with Crippen molar-refractivity contribution >= 4 is 17.7 Å². The Morgan fingerprint density at radius 1 is 1.53 bits per heavy atom. The highest BCUT2D eigenvalue weighted by molar-refractivity contribution is 6.30. The number of amides is 1. The lowest BCUT2D eigenvalue weighted by Gasteiger charge is -2.11. The van der Waals surface area contributed by atoms with Crippen molar-refractivity contribution in [1.82, 2.24) is 14.7 Å². The minimum atomic E-state index is -0.214. The van der Waals surface area contributed by atoms with Gasteiger partial charge in [-0.15, -0.1) is 0 Å². The summed E-state index contributed by atoms with van der Waals surface area (Å²) in [5, 5.41) is 4.68. The van der Waals surface area contributed by atoms with E-state index in [2.05, 4.69) is 5.10 Å². The molecule has 15 heavy (non-hydrogen) atoms. The van der Waals surface area contributed by atoms with Gasteiger partial charge in [0.1, 0.15) is 6.61 Å². The second kappa shape index (κ2) is 4.53. The molecular formula is C9H12ClN3O2. The number of rotatable bonds is 4. The first kappa shape index (κ1) is 10.3. The van der Waals surface area contributed by atoms with E-state index < -0.39 is 0 Å². The van der Waals surface area contributed by atoms with Crippen LogP contribution in [0.4, 0.5) is 4.79 Å². The lowest BCUT2D eigenvalue weighted by molar-refractivity contribution is 0.158. The summed E-state index contributed by atoms with van der Waals surface area (Å²) in [6, 6.07) is 0. The van der Waals surface area contributed by atoms with E-state index in [0.29, 0.717) is 24.7 Å². The lowest BCUT2D eigenvalue weighted by Crippen LogP contribution is -2.26. The average molecular weight is 230 g/mol. The molecule has 0 aliphatic carbocycles. The number of ether oxygens (including phenoxy) is 1. The molecule has 2 heterocycles. The Bertz CT molecular complexity index is 353. The number of cyclic esters (lactones) is 1. The summed E-state index contributed by atoms with van der Waals surface area (Å²) >= 11 is 5.72. The Morgan fingerprint density at radius 3 is 3.00 bits per heavy atom. The van der Waals surface area contributed by atoms with Crippen LogP contribution in [-0.4, -0.2) is 40.5 Å². The molecule has 1 amide bonds. The van der Waals surface area contributed by atoms with Crippen molar-refractivity contribution in [3.8, 4) is 0 Å². The monoisotopic (exact) mass is 229 g/mol. The SMILES string of the molecule is O=C1OCCN1CCCn1cc(Cl)cn1. The summed E-state index contributed by atoms with van der Waals surface area (Å²) in [7, 11) is 0. The van der Waals surface area contributed by atoms with E-state index in [9.17, 15) is 4.79 Å². The van der Waals surface area contributed by atoms with Gasteiger partial charge in [-0.2, -0.15) is 5.10 Å². The Labute approximate surface area is 92.6 Å². The van der Waals surface area contributed by atoms with E-state index in [-0.39, 0.29) is 6.09 Å². The predicted molar refractivity (Wildman–Crippen MR) is 54.8 cm³/mol. The maximum atomic E-state index is 11.1. The molecule has 0 bridgehead atoms. The van der Waals surface area contributed by atoms with Crippen molar-refractivity contribution in [2.45, 2.75) is 13.0 Å². The molecule has 1 aliphatic heterocycles. The second-order valence-corrected chi connectivity index (χ2v) is 3.81. The van der Waals surface area contributed by atoms with Gasteiger partial charge in [-0.05, 0) is 6.42 Å². The maximum absolute atomic E-state index is 11.1. The fourth-order valence-corrected chi connectivity index (χ4v) is 1.67. The number of aryl methyl sites for hydroxylation is 1. The molecule has 82 valence electrons. The summed E-state index contributed by atoms with van der Waals surface area (Å²) in [5.74, 6) is 0. The van der Waals surface area contributed by atoms with Crippen LogP contribution in [0.3, 0.4) is 0 Å². The molecule has 1 saturated heterocycles. The number of halogens is 1. The molecule has 1 aromatic heterocycles. The van der Waals surface area contributed by atoms with Crippen molar-refractivity contribution in [3.05, 3.63) is 17.4 Å². The van der Waals surface area contributed by atoms with Crippen LogP contribution in [0.2, 0.25) is 5.02 Å². The molecule has 0 saturated carbocycles. The zero-order chi connectivity index (χ0) is 10.7. The lowest BCUT2D eigenvalue weighted by atomic mass is 10.4. The Balaban J connectivity index is 1.73. The van der Waals surface area contributed by atoms with E-state index in [4.69, 9.17) is 16.3 Å². The summed E-state index contributed by atoms with van der Waals surface area (Å²) in [4.78, 5) is 12.8. The second-order valence-electron chi connectivity index (χ2n) is 3.38. The number of nitrogens with zero attached hydrogens (tertiary/aromatic N) is 3. The average Bonchev–Trinajstić information content (AvgIpc) is 2.77. The summed E-state index contributed by atoms with van der Waals surface area (Å²) < 4.78 is 6.58. The first-order valence-electron chi connectivity index (χ1n) is 4.85. The third-order valence-corrected chi connectivity index (χ3v) is 2.46. The van der Waals surface area contributed by atoms with E-state index >= 15 is 0 Å². The van der Waals surface area contributed by atoms with Gasteiger partial charge in [-0.1, -0.05) is 11.6 Å². The Kier molecular flexibility index (Phi) is 3.11. The normalized spacial score (nSPS) is 15.8. The molecule has 6 heteroatoms. The van der Waals surface area contributed by atoms with Crippen LogP contribution in [-0.2, 0) is 11.3 Å². The van der Waals surface area contributed by atoms with Gasteiger partial charge < -0.3 is 9.64 Å². The standard InChI is InChI=1S/C9H12ClN3O2/c10-8-6-11-13(7-8)3-1-2-12-4-5-15-9(12)14/h6-7H,1-5H2. The van der Waals surface area contributed by atoms with Crippen molar-refractivity contribution in [3.63, 3.8) is 0 Å². The number of carbonyl (C=O) groups excluding carboxylic acids is 1. The zero-order valence-corrected chi connectivity index (χ0v) is 8.98. The van der Waals surface area contributed by atoms with Gasteiger partial charge in [-0.3, -0.25) is 4.68 Å². The van der Waals surface area contributed by atoms with E-state index in [1.165, 1.54) is 0 Å². The van der Waals surface area contributed by atoms with Gasteiger partial charge in [0.25, 0.3) is 0 Å². The molecule has 0 aromatic carbocycles. The predicted octanol–water partition coefficient (Wildman–Crippen LogP) is 1.38. The largest absolute Gasteiger partial charge is 0.448 e. The van der Waals surface area contributed by atoms with E-state index in [1.807, 2.05) is 0 Å². The Hall–Kier alpha value is -1.23. The zero-order valence-electron chi connectivity index (χ0n) is 8.23. The molecule has 0 N–H and O–H groups in total. The Morgan fingerprint density at radius 2 is 2.40 bits per heavy atom. The summed E-state index contributed by atoms with van der Waals surface area (Å²) in [5.41, 5.74) is 0. The molecule has 0 unspecified atom stereocenters. The molecule has 1 fully saturated rings. The first-order valence-corrected chi connectivity index (χ1v) is 5.23.